The number of aromatic nitrogens is 2. The Balaban J connectivity index is 1.54. The number of esters is 1. The molecule has 0 saturated heterocycles. The van der Waals surface area contributed by atoms with Gasteiger partial charge >= 0.3 is 5.97 Å². The number of thioether (sulfide) groups is 1. The standard InChI is InChI=1S/C24H27N3O4S2/c1-4-14-10-11-16-18(12-14)33-21(20(16)23(30)31-5-2)26-19(28)13-32-24-25-17-9-7-6-8-15(17)22(29)27(24)3/h6-9,14H,4-5,10-13H2,1-3H3,(H,26,28)/t14-/m0/s1. The summed E-state index contributed by atoms with van der Waals surface area (Å²) in [6.45, 7) is 4.25. The van der Waals surface area contributed by atoms with Gasteiger partial charge in [-0.25, -0.2) is 9.78 Å². The van der Waals surface area contributed by atoms with Gasteiger partial charge in [-0.15, -0.1) is 11.3 Å². The third-order valence-electron chi connectivity index (χ3n) is 5.95. The van der Waals surface area contributed by atoms with E-state index in [1.807, 2.05) is 6.07 Å². The molecule has 4 rings (SSSR count). The lowest BCUT2D eigenvalue weighted by molar-refractivity contribution is -0.113. The Bertz CT molecular complexity index is 1260. The highest BCUT2D eigenvalue weighted by Gasteiger charge is 2.29. The molecule has 2 aromatic heterocycles. The molecule has 1 atom stereocenters. The van der Waals surface area contributed by atoms with Crippen LogP contribution in [-0.4, -0.2) is 33.8 Å². The summed E-state index contributed by atoms with van der Waals surface area (Å²) in [4.78, 5) is 43.8. The van der Waals surface area contributed by atoms with Gasteiger partial charge in [0.1, 0.15) is 5.00 Å². The lowest BCUT2D eigenvalue weighted by atomic mass is 9.85. The summed E-state index contributed by atoms with van der Waals surface area (Å²) in [7, 11) is 1.65. The Labute approximate surface area is 200 Å². The van der Waals surface area contributed by atoms with E-state index in [9.17, 15) is 14.4 Å². The van der Waals surface area contributed by atoms with Gasteiger partial charge in [0, 0.05) is 11.9 Å². The van der Waals surface area contributed by atoms with Crippen LogP contribution in [0.15, 0.2) is 34.2 Å². The van der Waals surface area contributed by atoms with Crippen molar-refractivity contribution >= 4 is 50.9 Å². The largest absolute Gasteiger partial charge is 0.462 e. The number of ether oxygens (including phenoxy) is 1. The second kappa shape index (κ2) is 10.1. The minimum atomic E-state index is -0.383. The number of hydrogen-bond donors (Lipinski definition) is 1. The molecule has 0 radical (unpaired) electrons. The molecular weight excluding hydrogens is 458 g/mol. The average Bonchev–Trinajstić information content (AvgIpc) is 3.17. The van der Waals surface area contributed by atoms with E-state index in [1.54, 1.807) is 32.2 Å². The lowest BCUT2D eigenvalue weighted by Gasteiger charge is -2.20. The molecule has 3 aromatic rings. The van der Waals surface area contributed by atoms with Crippen LogP contribution in [0, 0.1) is 5.92 Å². The molecule has 1 N–H and O–H groups in total. The van der Waals surface area contributed by atoms with Crippen molar-refractivity contribution in [3.05, 3.63) is 50.6 Å². The first kappa shape index (κ1) is 23.5. The van der Waals surface area contributed by atoms with Crippen molar-refractivity contribution in [1.82, 2.24) is 9.55 Å². The predicted octanol–water partition coefficient (Wildman–Crippen LogP) is 4.42. The highest BCUT2D eigenvalue weighted by atomic mass is 32.2. The number of amides is 1. The van der Waals surface area contributed by atoms with Crippen LogP contribution in [0.25, 0.3) is 10.9 Å². The van der Waals surface area contributed by atoms with Crippen molar-refractivity contribution in [2.24, 2.45) is 13.0 Å². The van der Waals surface area contributed by atoms with Gasteiger partial charge < -0.3 is 10.1 Å². The summed E-state index contributed by atoms with van der Waals surface area (Å²) in [6, 6.07) is 7.15. The third-order valence-corrected chi connectivity index (χ3v) is 8.15. The van der Waals surface area contributed by atoms with Crippen molar-refractivity contribution in [2.75, 3.05) is 17.7 Å². The number of benzene rings is 1. The zero-order valence-corrected chi connectivity index (χ0v) is 20.6. The zero-order valence-electron chi connectivity index (χ0n) is 19.0. The molecule has 1 aromatic carbocycles. The van der Waals surface area contributed by atoms with Crippen LogP contribution in [0.5, 0.6) is 0 Å². The summed E-state index contributed by atoms with van der Waals surface area (Å²) in [5.41, 5.74) is 1.97. The highest BCUT2D eigenvalue weighted by molar-refractivity contribution is 7.99. The maximum Gasteiger partial charge on any atom is 0.341 e. The molecule has 1 aliphatic carbocycles. The number of nitrogens with zero attached hydrogens (tertiary/aromatic N) is 2. The normalized spacial score (nSPS) is 15.3. The van der Waals surface area contributed by atoms with Crippen LogP contribution in [0.3, 0.4) is 0 Å². The Hall–Kier alpha value is -2.65. The van der Waals surface area contributed by atoms with Crippen molar-refractivity contribution < 1.29 is 14.3 Å². The topological polar surface area (TPSA) is 90.3 Å². The van der Waals surface area contributed by atoms with E-state index in [2.05, 4.69) is 17.2 Å². The van der Waals surface area contributed by atoms with Gasteiger partial charge in [-0.3, -0.25) is 14.2 Å². The monoisotopic (exact) mass is 485 g/mol. The number of carbonyl (C=O) groups is 2. The number of thiophene rings is 1. The fourth-order valence-corrected chi connectivity index (χ4v) is 6.27. The SMILES string of the molecule is CCOC(=O)c1c(NC(=O)CSc2nc3ccccc3c(=O)n2C)sc2c1CC[C@H](CC)C2. The molecule has 33 heavy (non-hydrogen) atoms. The van der Waals surface area contributed by atoms with Crippen molar-refractivity contribution in [1.29, 1.82) is 0 Å². The van der Waals surface area contributed by atoms with Gasteiger partial charge in [-0.05, 0) is 49.8 Å². The molecule has 9 heteroatoms. The smallest absolute Gasteiger partial charge is 0.341 e. The number of rotatable bonds is 7. The van der Waals surface area contributed by atoms with E-state index in [0.717, 1.165) is 36.1 Å². The molecule has 0 aliphatic heterocycles. The average molecular weight is 486 g/mol. The Kier molecular flexibility index (Phi) is 7.19. The van der Waals surface area contributed by atoms with E-state index in [4.69, 9.17) is 4.74 Å². The quantitative estimate of drug-likeness (QED) is 0.303. The van der Waals surface area contributed by atoms with Crippen molar-refractivity contribution in [3.8, 4) is 0 Å². The Morgan fingerprint density at radius 3 is 2.85 bits per heavy atom. The Morgan fingerprint density at radius 2 is 2.09 bits per heavy atom. The Morgan fingerprint density at radius 1 is 1.30 bits per heavy atom. The first-order valence-corrected chi connectivity index (χ1v) is 12.9. The van der Waals surface area contributed by atoms with Gasteiger partial charge in [0.25, 0.3) is 5.56 Å². The van der Waals surface area contributed by atoms with Gasteiger partial charge in [-0.2, -0.15) is 0 Å². The summed E-state index contributed by atoms with van der Waals surface area (Å²) >= 11 is 2.67. The summed E-state index contributed by atoms with van der Waals surface area (Å²) in [6.07, 6.45) is 3.89. The summed E-state index contributed by atoms with van der Waals surface area (Å²) in [5.74, 6) is 0.0387. The second-order valence-electron chi connectivity index (χ2n) is 8.06. The number of para-hydroxylation sites is 1. The van der Waals surface area contributed by atoms with Crippen LogP contribution in [0.2, 0.25) is 0 Å². The van der Waals surface area contributed by atoms with Crippen molar-refractivity contribution in [3.63, 3.8) is 0 Å². The first-order chi connectivity index (χ1) is 15.9. The number of hydrogen-bond acceptors (Lipinski definition) is 7. The fraction of sp³-hybridized carbons (Fsp3) is 0.417. The summed E-state index contributed by atoms with van der Waals surface area (Å²) < 4.78 is 6.75. The maximum absolute atomic E-state index is 12.8. The van der Waals surface area contributed by atoms with Gasteiger partial charge in [0.15, 0.2) is 5.16 Å². The van der Waals surface area contributed by atoms with Gasteiger partial charge in [0.2, 0.25) is 5.91 Å². The van der Waals surface area contributed by atoms with E-state index in [1.165, 1.54) is 27.7 Å². The molecule has 0 saturated carbocycles. The highest BCUT2D eigenvalue weighted by Crippen LogP contribution is 2.41. The fourth-order valence-electron chi connectivity index (χ4n) is 4.13. The molecule has 0 fully saturated rings. The molecule has 0 bridgehead atoms. The van der Waals surface area contributed by atoms with Gasteiger partial charge in [0.05, 0.1) is 28.8 Å². The lowest BCUT2D eigenvalue weighted by Crippen LogP contribution is -2.21. The first-order valence-electron chi connectivity index (χ1n) is 11.1. The minimum Gasteiger partial charge on any atom is -0.462 e. The van der Waals surface area contributed by atoms with E-state index < -0.39 is 0 Å². The molecule has 0 unspecified atom stereocenters. The molecule has 7 nitrogen and oxygen atoms in total. The van der Waals surface area contributed by atoms with Crippen LogP contribution >= 0.6 is 23.1 Å². The third kappa shape index (κ3) is 4.84. The van der Waals surface area contributed by atoms with Crippen LogP contribution in [0.1, 0.15) is 47.5 Å². The predicted molar refractivity (Wildman–Crippen MR) is 132 cm³/mol. The summed E-state index contributed by atoms with van der Waals surface area (Å²) in [5, 5.41) is 4.49. The molecule has 174 valence electrons. The zero-order chi connectivity index (χ0) is 23.5. The number of carbonyl (C=O) groups excluding carboxylic acids is 2. The van der Waals surface area contributed by atoms with E-state index in [-0.39, 0.29) is 29.8 Å². The molecule has 0 spiro atoms. The number of nitrogens with one attached hydrogen (secondary N) is 1. The second-order valence-corrected chi connectivity index (χ2v) is 10.1. The van der Waals surface area contributed by atoms with Gasteiger partial charge in [-0.1, -0.05) is 37.2 Å². The van der Waals surface area contributed by atoms with E-state index in [0.29, 0.717) is 32.5 Å². The minimum absolute atomic E-state index is 0.0705. The number of fused-ring (bicyclic) bond motifs is 2. The van der Waals surface area contributed by atoms with Crippen molar-refractivity contribution in [2.45, 2.75) is 44.7 Å². The van der Waals surface area contributed by atoms with Crippen LogP contribution in [0.4, 0.5) is 5.00 Å². The molecule has 1 aliphatic rings. The maximum atomic E-state index is 12.8. The van der Waals surface area contributed by atoms with Crippen LogP contribution < -0.4 is 10.9 Å². The molecular formula is C24H27N3O4S2. The molecule has 2 heterocycles. The number of anilines is 1. The van der Waals surface area contributed by atoms with Crippen LogP contribution in [-0.2, 0) is 29.4 Å². The molecule has 1 amide bonds. The van der Waals surface area contributed by atoms with E-state index >= 15 is 0 Å².